The number of aromatic nitrogens is 2. The van der Waals surface area contributed by atoms with Crippen LogP contribution in [0.4, 0.5) is 5.82 Å². The Bertz CT molecular complexity index is 428. The molecule has 1 rings (SSSR count). The van der Waals surface area contributed by atoms with Gasteiger partial charge in [0.15, 0.2) is 5.69 Å². The van der Waals surface area contributed by atoms with Gasteiger partial charge in [0.25, 0.3) is 0 Å². The molecule has 1 aromatic heterocycles. The van der Waals surface area contributed by atoms with Crippen molar-refractivity contribution in [2.24, 2.45) is 0 Å². The van der Waals surface area contributed by atoms with Crippen molar-refractivity contribution in [3.63, 3.8) is 0 Å². The number of hydrogen-bond acceptors (Lipinski definition) is 6. The van der Waals surface area contributed by atoms with Gasteiger partial charge in [0.2, 0.25) is 0 Å². The highest BCUT2D eigenvalue weighted by atomic mass is 16.5. The zero-order valence-electron chi connectivity index (χ0n) is 9.72. The Kier molecular flexibility index (Phi) is 3.62. The van der Waals surface area contributed by atoms with Crippen LogP contribution in [-0.2, 0) is 9.53 Å². The number of carbonyl (C=O) groups is 2. The summed E-state index contributed by atoms with van der Waals surface area (Å²) in [7, 11) is 1.24. The van der Waals surface area contributed by atoms with Crippen molar-refractivity contribution in [1.82, 2.24) is 9.97 Å². The second-order valence-electron chi connectivity index (χ2n) is 3.83. The molecule has 0 bridgehead atoms. The first-order valence-corrected chi connectivity index (χ1v) is 4.79. The Hall–Kier alpha value is -2.18. The van der Waals surface area contributed by atoms with Crippen LogP contribution in [0.2, 0.25) is 0 Å². The summed E-state index contributed by atoms with van der Waals surface area (Å²) < 4.78 is 4.46. The molecule has 0 unspecified atom stereocenters. The van der Waals surface area contributed by atoms with Gasteiger partial charge >= 0.3 is 11.9 Å². The molecule has 92 valence electrons. The average Bonchev–Trinajstić information content (AvgIpc) is 2.28. The number of aliphatic carboxylic acids is 1. The van der Waals surface area contributed by atoms with E-state index in [1.54, 1.807) is 0 Å². The van der Waals surface area contributed by atoms with Gasteiger partial charge in [-0.2, -0.15) is 0 Å². The van der Waals surface area contributed by atoms with Crippen LogP contribution in [-0.4, -0.2) is 39.7 Å². The van der Waals surface area contributed by atoms with Crippen molar-refractivity contribution < 1.29 is 19.4 Å². The number of methoxy groups -OCH3 is 1. The molecule has 7 heteroatoms. The minimum Gasteiger partial charge on any atom is -0.480 e. The lowest BCUT2D eigenvalue weighted by atomic mass is 10.1. The van der Waals surface area contributed by atoms with E-state index >= 15 is 0 Å². The van der Waals surface area contributed by atoms with Crippen LogP contribution in [0.5, 0.6) is 0 Å². The predicted octanol–water partition coefficient (Wildman–Crippen LogP) is 0.538. The third-order valence-electron chi connectivity index (χ3n) is 2.02. The summed E-state index contributed by atoms with van der Waals surface area (Å²) in [5, 5.41) is 11.6. The first kappa shape index (κ1) is 12.9. The zero-order valence-corrected chi connectivity index (χ0v) is 9.72. The van der Waals surface area contributed by atoms with Gasteiger partial charge in [0, 0.05) is 0 Å². The van der Waals surface area contributed by atoms with Crippen LogP contribution in [0.15, 0.2) is 12.4 Å². The molecule has 2 N–H and O–H groups in total. The molecule has 1 aromatic rings. The van der Waals surface area contributed by atoms with Crippen LogP contribution in [0.3, 0.4) is 0 Å². The molecular formula is C10H13N3O4. The lowest BCUT2D eigenvalue weighted by molar-refractivity contribution is -0.141. The molecule has 0 fully saturated rings. The second kappa shape index (κ2) is 4.77. The fraction of sp³-hybridized carbons (Fsp3) is 0.400. The van der Waals surface area contributed by atoms with Crippen LogP contribution < -0.4 is 5.32 Å². The third kappa shape index (κ3) is 3.13. The Morgan fingerprint density at radius 1 is 1.35 bits per heavy atom. The number of carboxylic acids is 1. The molecule has 0 spiro atoms. The van der Waals surface area contributed by atoms with Gasteiger partial charge in [-0.3, -0.25) is 0 Å². The minimum absolute atomic E-state index is 0.0613. The first-order chi connectivity index (χ1) is 7.86. The fourth-order valence-electron chi connectivity index (χ4n) is 0.976. The molecule has 1 heterocycles. The summed E-state index contributed by atoms with van der Waals surface area (Å²) in [6, 6.07) is 0. The van der Waals surface area contributed by atoms with E-state index in [-0.39, 0.29) is 11.5 Å². The van der Waals surface area contributed by atoms with Gasteiger partial charge in [-0.05, 0) is 13.8 Å². The fourth-order valence-corrected chi connectivity index (χ4v) is 0.976. The SMILES string of the molecule is COC(=O)c1cnc(NC(C)(C)C(=O)O)cn1. The zero-order chi connectivity index (χ0) is 13.1. The molecule has 0 aliphatic carbocycles. The highest BCUT2D eigenvalue weighted by molar-refractivity contribution is 5.87. The summed E-state index contributed by atoms with van der Waals surface area (Å²) in [5.74, 6) is -1.34. The smallest absolute Gasteiger partial charge is 0.358 e. The maximum atomic E-state index is 11.1. The number of rotatable bonds is 4. The molecule has 0 atom stereocenters. The van der Waals surface area contributed by atoms with Crippen molar-refractivity contribution in [2.75, 3.05) is 12.4 Å². The average molecular weight is 239 g/mol. The Labute approximate surface area is 97.8 Å². The Morgan fingerprint density at radius 2 is 2.00 bits per heavy atom. The number of esters is 1. The number of nitrogens with zero attached hydrogens (tertiary/aromatic N) is 2. The maximum absolute atomic E-state index is 11.1. The molecule has 0 aromatic carbocycles. The van der Waals surface area contributed by atoms with Gasteiger partial charge in [-0.1, -0.05) is 0 Å². The van der Waals surface area contributed by atoms with E-state index in [4.69, 9.17) is 5.11 Å². The number of ether oxygens (including phenoxy) is 1. The molecule has 0 radical (unpaired) electrons. The van der Waals surface area contributed by atoms with Crippen LogP contribution in [0.1, 0.15) is 24.3 Å². The molecule has 0 saturated heterocycles. The monoisotopic (exact) mass is 239 g/mol. The molecule has 7 nitrogen and oxygen atoms in total. The van der Waals surface area contributed by atoms with E-state index < -0.39 is 17.5 Å². The Morgan fingerprint density at radius 3 is 2.41 bits per heavy atom. The maximum Gasteiger partial charge on any atom is 0.358 e. The third-order valence-corrected chi connectivity index (χ3v) is 2.02. The predicted molar refractivity (Wildman–Crippen MR) is 58.7 cm³/mol. The summed E-state index contributed by atoms with van der Waals surface area (Å²) in [6.45, 7) is 2.98. The van der Waals surface area contributed by atoms with Crippen molar-refractivity contribution in [2.45, 2.75) is 19.4 Å². The van der Waals surface area contributed by atoms with Gasteiger partial charge in [-0.15, -0.1) is 0 Å². The minimum atomic E-state index is -1.17. The molecule has 0 amide bonds. The van der Waals surface area contributed by atoms with Crippen molar-refractivity contribution >= 4 is 17.8 Å². The van der Waals surface area contributed by atoms with Crippen LogP contribution >= 0.6 is 0 Å². The molecule has 0 saturated carbocycles. The van der Waals surface area contributed by atoms with Gasteiger partial charge < -0.3 is 15.2 Å². The van der Waals surface area contributed by atoms with Gasteiger partial charge in [-0.25, -0.2) is 19.6 Å². The van der Waals surface area contributed by atoms with E-state index in [1.165, 1.54) is 33.4 Å². The van der Waals surface area contributed by atoms with Crippen molar-refractivity contribution in [3.05, 3.63) is 18.1 Å². The lowest BCUT2D eigenvalue weighted by Crippen LogP contribution is -2.40. The summed E-state index contributed by atoms with van der Waals surface area (Å²) in [6.07, 6.45) is 2.49. The number of nitrogens with one attached hydrogen (secondary N) is 1. The van der Waals surface area contributed by atoms with Crippen LogP contribution in [0, 0.1) is 0 Å². The van der Waals surface area contributed by atoms with Gasteiger partial charge in [0.05, 0.1) is 19.5 Å². The summed E-state index contributed by atoms with van der Waals surface area (Å²) in [4.78, 5) is 29.6. The number of hydrogen-bond donors (Lipinski definition) is 2. The van der Waals surface area contributed by atoms with Crippen LogP contribution in [0.25, 0.3) is 0 Å². The molecular weight excluding hydrogens is 226 g/mol. The Balaban J connectivity index is 2.82. The molecule has 0 aliphatic heterocycles. The van der Waals surface area contributed by atoms with E-state index in [1.807, 2.05) is 0 Å². The first-order valence-electron chi connectivity index (χ1n) is 4.79. The van der Waals surface area contributed by atoms with Crippen molar-refractivity contribution in [1.29, 1.82) is 0 Å². The molecule has 17 heavy (non-hydrogen) atoms. The standard InChI is InChI=1S/C10H13N3O4/c1-10(2,9(15)16)13-7-5-11-6(4-12-7)8(14)17-3/h4-5H,1-3H3,(H,12,13)(H,15,16). The number of anilines is 1. The molecule has 0 aliphatic rings. The highest BCUT2D eigenvalue weighted by Gasteiger charge is 2.27. The number of carboxylic acid groups (broad SMARTS) is 1. The lowest BCUT2D eigenvalue weighted by Gasteiger charge is -2.21. The topological polar surface area (TPSA) is 101 Å². The summed E-state index contributed by atoms with van der Waals surface area (Å²) in [5.41, 5.74) is -1.10. The van der Waals surface area contributed by atoms with Gasteiger partial charge in [0.1, 0.15) is 11.4 Å². The highest BCUT2D eigenvalue weighted by Crippen LogP contribution is 2.12. The number of carbonyl (C=O) groups excluding carboxylic acids is 1. The normalized spacial score (nSPS) is 10.8. The van der Waals surface area contributed by atoms with Crippen molar-refractivity contribution in [3.8, 4) is 0 Å². The van der Waals surface area contributed by atoms with E-state index in [0.29, 0.717) is 0 Å². The quantitative estimate of drug-likeness (QED) is 0.739. The second-order valence-corrected chi connectivity index (χ2v) is 3.83. The van der Waals surface area contributed by atoms with E-state index in [2.05, 4.69) is 20.0 Å². The van der Waals surface area contributed by atoms with E-state index in [0.717, 1.165) is 0 Å². The summed E-state index contributed by atoms with van der Waals surface area (Å²) >= 11 is 0. The largest absolute Gasteiger partial charge is 0.480 e. The van der Waals surface area contributed by atoms with E-state index in [9.17, 15) is 9.59 Å².